The molecule has 0 radical (unpaired) electrons. The summed E-state index contributed by atoms with van der Waals surface area (Å²) in [6, 6.07) is 20.7. The molecule has 3 rings (SSSR count). The zero-order valence-corrected chi connectivity index (χ0v) is 14.7. The standard InChI is InChI=1S/C21H27N3O/c22-13-20-11-12-24(16-20)21(25)17-23(14-18-7-3-1-4-8-18)15-19-9-5-2-6-10-19/h1-10,20H,11-17,22H2. The number of nitrogens with zero attached hydrogens (tertiary/aromatic N) is 2. The highest BCUT2D eigenvalue weighted by Crippen LogP contribution is 2.16. The smallest absolute Gasteiger partial charge is 0.236 e. The highest BCUT2D eigenvalue weighted by Gasteiger charge is 2.26. The first kappa shape index (κ1) is 17.6. The van der Waals surface area contributed by atoms with Gasteiger partial charge in [0.1, 0.15) is 0 Å². The van der Waals surface area contributed by atoms with Gasteiger partial charge in [-0.25, -0.2) is 0 Å². The highest BCUT2D eigenvalue weighted by molar-refractivity contribution is 5.78. The largest absolute Gasteiger partial charge is 0.341 e. The SMILES string of the molecule is NCC1CCN(C(=O)CN(Cc2ccccc2)Cc2ccccc2)C1. The number of likely N-dealkylation sites (tertiary alicyclic amines) is 1. The van der Waals surface area contributed by atoms with Crippen LogP contribution in [0.5, 0.6) is 0 Å². The molecular weight excluding hydrogens is 310 g/mol. The predicted octanol–water partition coefficient (Wildman–Crippen LogP) is 2.50. The summed E-state index contributed by atoms with van der Waals surface area (Å²) < 4.78 is 0. The molecule has 1 heterocycles. The van der Waals surface area contributed by atoms with Gasteiger partial charge in [-0.1, -0.05) is 60.7 Å². The van der Waals surface area contributed by atoms with Crippen LogP contribution >= 0.6 is 0 Å². The van der Waals surface area contributed by atoms with E-state index in [0.717, 1.165) is 32.6 Å². The molecule has 2 N–H and O–H groups in total. The monoisotopic (exact) mass is 337 g/mol. The van der Waals surface area contributed by atoms with Crippen LogP contribution in [0.15, 0.2) is 60.7 Å². The maximum absolute atomic E-state index is 12.7. The minimum atomic E-state index is 0.211. The Hall–Kier alpha value is -2.17. The van der Waals surface area contributed by atoms with Crippen molar-refractivity contribution in [1.29, 1.82) is 0 Å². The van der Waals surface area contributed by atoms with Gasteiger partial charge in [0.05, 0.1) is 6.54 Å². The van der Waals surface area contributed by atoms with Crippen LogP contribution in [0.4, 0.5) is 0 Å². The Bertz CT molecular complexity index is 618. The Morgan fingerprint density at radius 3 is 2.04 bits per heavy atom. The first-order valence-electron chi connectivity index (χ1n) is 9.02. The Kier molecular flexibility index (Phi) is 6.20. The van der Waals surface area contributed by atoms with Crippen molar-refractivity contribution in [2.45, 2.75) is 19.5 Å². The minimum Gasteiger partial charge on any atom is -0.341 e. The first-order valence-corrected chi connectivity index (χ1v) is 9.02. The third-order valence-corrected chi connectivity index (χ3v) is 4.83. The van der Waals surface area contributed by atoms with Crippen LogP contribution in [0.1, 0.15) is 17.5 Å². The first-order chi connectivity index (χ1) is 12.2. The third kappa shape index (κ3) is 5.15. The topological polar surface area (TPSA) is 49.6 Å². The van der Waals surface area contributed by atoms with Crippen molar-refractivity contribution in [3.8, 4) is 0 Å². The van der Waals surface area contributed by atoms with E-state index in [9.17, 15) is 4.79 Å². The fourth-order valence-corrected chi connectivity index (χ4v) is 3.39. The molecule has 0 aromatic heterocycles. The summed E-state index contributed by atoms with van der Waals surface area (Å²) in [6.07, 6.45) is 1.03. The van der Waals surface area contributed by atoms with Crippen LogP contribution in [0, 0.1) is 5.92 Å². The normalized spacial score (nSPS) is 17.2. The van der Waals surface area contributed by atoms with E-state index in [4.69, 9.17) is 5.73 Å². The van der Waals surface area contributed by atoms with E-state index in [1.54, 1.807) is 0 Å². The van der Waals surface area contributed by atoms with Crippen molar-refractivity contribution in [1.82, 2.24) is 9.80 Å². The van der Waals surface area contributed by atoms with E-state index < -0.39 is 0 Å². The molecule has 1 aliphatic rings. The molecular formula is C21H27N3O. The lowest BCUT2D eigenvalue weighted by atomic mass is 10.1. The molecule has 132 valence electrons. The van der Waals surface area contributed by atoms with Gasteiger partial charge in [-0.05, 0) is 30.0 Å². The number of amides is 1. The number of carbonyl (C=O) groups excluding carboxylic acids is 1. The maximum Gasteiger partial charge on any atom is 0.236 e. The molecule has 4 heteroatoms. The van der Waals surface area contributed by atoms with E-state index in [0.29, 0.717) is 19.0 Å². The van der Waals surface area contributed by atoms with Gasteiger partial charge in [0.25, 0.3) is 0 Å². The molecule has 1 fully saturated rings. The van der Waals surface area contributed by atoms with Gasteiger partial charge < -0.3 is 10.6 Å². The number of hydrogen-bond donors (Lipinski definition) is 1. The number of rotatable bonds is 7. The number of benzene rings is 2. The minimum absolute atomic E-state index is 0.211. The summed E-state index contributed by atoms with van der Waals surface area (Å²) in [5.41, 5.74) is 8.21. The predicted molar refractivity (Wildman–Crippen MR) is 101 cm³/mol. The van der Waals surface area contributed by atoms with Gasteiger partial charge in [0, 0.05) is 26.2 Å². The Morgan fingerprint density at radius 2 is 1.56 bits per heavy atom. The average molecular weight is 337 g/mol. The molecule has 1 saturated heterocycles. The van der Waals surface area contributed by atoms with Crippen molar-refractivity contribution < 1.29 is 4.79 Å². The van der Waals surface area contributed by atoms with E-state index in [1.807, 2.05) is 41.3 Å². The summed E-state index contributed by atoms with van der Waals surface area (Å²) in [7, 11) is 0. The summed E-state index contributed by atoms with van der Waals surface area (Å²) in [4.78, 5) is 16.9. The average Bonchev–Trinajstić information content (AvgIpc) is 3.13. The van der Waals surface area contributed by atoms with Crippen LogP contribution in [-0.2, 0) is 17.9 Å². The van der Waals surface area contributed by atoms with Crippen LogP contribution < -0.4 is 5.73 Å². The lowest BCUT2D eigenvalue weighted by molar-refractivity contribution is -0.131. The molecule has 1 aliphatic heterocycles. The molecule has 4 nitrogen and oxygen atoms in total. The van der Waals surface area contributed by atoms with Crippen LogP contribution in [-0.4, -0.2) is 41.9 Å². The molecule has 2 aromatic rings. The van der Waals surface area contributed by atoms with Gasteiger partial charge in [-0.2, -0.15) is 0 Å². The zero-order valence-electron chi connectivity index (χ0n) is 14.7. The summed E-state index contributed by atoms with van der Waals surface area (Å²) in [5, 5.41) is 0. The Balaban J connectivity index is 1.66. The van der Waals surface area contributed by atoms with Gasteiger partial charge in [0.2, 0.25) is 5.91 Å². The number of carbonyl (C=O) groups is 1. The quantitative estimate of drug-likeness (QED) is 0.844. The van der Waals surface area contributed by atoms with Gasteiger partial charge in [-0.15, -0.1) is 0 Å². The molecule has 0 aliphatic carbocycles. The summed E-state index contributed by atoms with van der Waals surface area (Å²) >= 11 is 0. The van der Waals surface area contributed by atoms with E-state index in [1.165, 1.54) is 11.1 Å². The zero-order chi connectivity index (χ0) is 17.5. The van der Waals surface area contributed by atoms with Crippen LogP contribution in [0.25, 0.3) is 0 Å². The molecule has 25 heavy (non-hydrogen) atoms. The fourth-order valence-electron chi connectivity index (χ4n) is 3.39. The van der Waals surface area contributed by atoms with E-state index >= 15 is 0 Å². The fraction of sp³-hybridized carbons (Fsp3) is 0.381. The summed E-state index contributed by atoms with van der Waals surface area (Å²) in [5.74, 6) is 0.670. The second-order valence-corrected chi connectivity index (χ2v) is 6.85. The van der Waals surface area contributed by atoms with Crippen molar-refractivity contribution in [2.24, 2.45) is 11.7 Å². The molecule has 0 spiro atoms. The molecule has 0 bridgehead atoms. The van der Waals surface area contributed by atoms with Crippen LogP contribution in [0.2, 0.25) is 0 Å². The third-order valence-electron chi connectivity index (χ3n) is 4.83. The Labute approximate surface area is 150 Å². The van der Waals surface area contributed by atoms with Crippen molar-refractivity contribution in [2.75, 3.05) is 26.2 Å². The number of nitrogens with two attached hydrogens (primary N) is 1. The van der Waals surface area contributed by atoms with Crippen molar-refractivity contribution in [3.63, 3.8) is 0 Å². The van der Waals surface area contributed by atoms with Gasteiger partial charge in [-0.3, -0.25) is 9.69 Å². The molecule has 0 saturated carbocycles. The van der Waals surface area contributed by atoms with Crippen molar-refractivity contribution >= 4 is 5.91 Å². The van der Waals surface area contributed by atoms with Crippen LogP contribution in [0.3, 0.4) is 0 Å². The molecule has 1 atom stereocenters. The van der Waals surface area contributed by atoms with Gasteiger partial charge >= 0.3 is 0 Å². The lowest BCUT2D eigenvalue weighted by Gasteiger charge is -2.25. The molecule has 1 unspecified atom stereocenters. The highest BCUT2D eigenvalue weighted by atomic mass is 16.2. The molecule has 1 amide bonds. The lowest BCUT2D eigenvalue weighted by Crippen LogP contribution is -2.39. The summed E-state index contributed by atoms with van der Waals surface area (Å²) in [6.45, 7) is 4.30. The van der Waals surface area contributed by atoms with E-state index in [2.05, 4.69) is 29.2 Å². The second kappa shape index (κ2) is 8.79. The Morgan fingerprint density at radius 1 is 1.00 bits per heavy atom. The van der Waals surface area contributed by atoms with E-state index in [-0.39, 0.29) is 5.91 Å². The second-order valence-electron chi connectivity index (χ2n) is 6.85. The van der Waals surface area contributed by atoms with Crippen molar-refractivity contribution in [3.05, 3.63) is 71.8 Å². The van der Waals surface area contributed by atoms with Gasteiger partial charge in [0.15, 0.2) is 0 Å². The maximum atomic E-state index is 12.7. The molecule has 2 aromatic carbocycles. The number of hydrogen-bond acceptors (Lipinski definition) is 3.